The van der Waals surface area contributed by atoms with Gasteiger partial charge in [0.15, 0.2) is 0 Å². The Kier molecular flexibility index (Phi) is 5.00. The third-order valence-electron chi connectivity index (χ3n) is 2.35. The second-order valence-electron chi connectivity index (χ2n) is 3.43. The Morgan fingerprint density at radius 1 is 1.43 bits per heavy atom. The summed E-state index contributed by atoms with van der Waals surface area (Å²) in [6.07, 6.45) is 2.39. The number of aliphatic carboxylic acids is 1. The molecule has 2 nitrogen and oxygen atoms in total. The van der Waals surface area contributed by atoms with E-state index < -0.39 is 5.97 Å². The number of allylic oxidation sites excluding steroid dienone is 2. The molecule has 0 saturated carbocycles. The molecule has 0 aliphatic heterocycles. The Morgan fingerprint density at radius 3 is 2.57 bits per heavy atom. The molecule has 5 heteroatoms. The summed E-state index contributed by atoms with van der Waals surface area (Å²) in [6, 6.07) is 0. The van der Waals surface area contributed by atoms with Crippen LogP contribution in [-0.4, -0.2) is 15.0 Å². The van der Waals surface area contributed by atoms with E-state index in [1.807, 2.05) is 0 Å². The molecule has 0 aromatic carbocycles. The van der Waals surface area contributed by atoms with Crippen LogP contribution in [0.3, 0.4) is 0 Å². The predicted octanol–water partition coefficient (Wildman–Crippen LogP) is 3.75. The molecule has 0 aromatic rings. The standard InChI is InChI=1S/C9H11Cl2IO2/c10-6-3-5(1-2-9(13)14)8(12)4-7(6)11/h5,8H,1-4H2,(H,13,14). The molecule has 0 radical (unpaired) electrons. The van der Waals surface area contributed by atoms with Crippen molar-refractivity contribution in [2.75, 3.05) is 0 Å². The number of carboxylic acids is 1. The third kappa shape index (κ3) is 3.59. The van der Waals surface area contributed by atoms with E-state index in [4.69, 9.17) is 28.3 Å². The van der Waals surface area contributed by atoms with Crippen molar-refractivity contribution in [2.24, 2.45) is 5.92 Å². The van der Waals surface area contributed by atoms with Gasteiger partial charge in [-0.3, -0.25) is 4.79 Å². The van der Waals surface area contributed by atoms with Gasteiger partial charge in [0, 0.05) is 20.4 Å². The van der Waals surface area contributed by atoms with Gasteiger partial charge < -0.3 is 5.11 Å². The lowest BCUT2D eigenvalue weighted by Crippen LogP contribution is -2.20. The van der Waals surface area contributed by atoms with Crippen LogP contribution in [0, 0.1) is 5.92 Å². The monoisotopic (exact) mass is 348 g/mol. The predicted molar refractivity (Wildman–Crippen MR) is 66.1 cm³/mol. The first-order chi connectivity index (χ1) is 6.50. The number of carboxylic acid groups (broad SMARTS) is 1. The fourth-order valence-corrected chi connectivity index (χ4v) is 3.34. The summed E-state index contributed by atoms with van der Waals surface area (Å²) in [7, 11) is 0. The molecule has 1 aliphatic carbocycles. The second-order valence-corrected chi connectivity index (χ2v) is 5.94. The molecule has 0 spiro atoms. The van der Waals surface area contributed by atoms with E-state index in [0.29, 0.717) is 21.3 Å². The van der Waals surface area contributed by atoms with Crippen LogP contribution in [0.5, 0.6) is 0 Å². The molecule has 80 valence electrons. The highest BCUT2D eigenvalue weighted by molar-refractivity contribution is 14.1. The number of hydrogen-bond donors (Lipinski definition) is 1. The Hall–Kier alpha value is 0.520. The summed E-state index contributed by atoms with van der Waals surface area (Å²) >= 11 is 14.2. The van der Waals surface area contributed by atoms with Gasteiger partial charge in [0.2, 0.25) is 0 Å². The van der Waals surface area contributed by atoms with Gasteiger partial charge in [-0.05, 0) is 25.2 Å². The Labute approximate surface area is 107 Å². The fourth-order valence-electron chi connectivity index (χ4n) is 1.51. The molecule has 0 saturated heterocycles. The first-order valence-corrected chi connectivity index (χ1v) is 6.39. The molecule has 14 heavy (non-hydrogen) atoms. The Morgan fingerprint density at radius 2 is 2.00 bits per heavy atom. The fraction of sp³-hybridized carbons (Fsp3) is 0.667. The van der Waals surface area contributed by atoms with Gasteiger partial charge >= 0.3 is 5.97 Å². The molecular formula is C9H11Cl2IO2. The molecule has 0 amide bonds. The lowest BCUT2D eigenvalue weighted by molar-refractivity contribution is -0.137. The van der Waals surface area contributed by atoms with Gasteiger partial charge in [-0.2, -0.15) is 0 Å². The largest absolute Gasteiger partial charge is 0.481 e. The lowest BCUT2D eigenvalue weighted by Gasteiger charge is -2.26. The molecule has 0 bridgehead atoms. The first-order valence-electron chi connectivity index (χ1n) is 4.39. The van der Waals surface area contributed by atoms with Gasteiger partial charge in [-0.1, -0.05) is 45.8 Å². The SMILES string of the molecule is O=C(O)CCC1CC(Cl)=C(Cl)CC1I. The van der Waals surface area contributed by atoms with Crippen LogP contribution in [0.2, 0.25) is 0 Å². The summed E-state index contributed by atoms with van der Waals surface area (Å²) in [4.78, 5) is 10.4. The van der Waals surface area contributed by atoms with E-state index in [2.05, 4.69) is 22.6 Å². The Balaban J connectivity index is 2.51. The van der Waals surface area contributed by atoms with Crippen LogP contribution < -0.4 is 0 Å². The highest BCUT2D eigenvalue weighted by atomic mass is 127. The van der Waals surface area contributed by atoms with Crippen LogP contribution in [-0.2, 0) is 4.79 Å². The highest BCUT2D eigenvalue weighted by Gasteiger charge is 2.27. The topological polar surface area (TPSA) is 37.3 Å². The van der Waals surface area contributed by atoms with Crippen LogP contribution in [0.15, 0.2) is 10.1 Å². The van der Waals surface area contributed by atoms with Gasteiger partial charge in [-0.15, -0.1) is 0 Å². The Bertz CT molecular complexity index is 266. The molecule has 1 rings (SSSR count). The summed E-state index contributed by atoms with van der Waals surface area (Å²) < 4.78 is 0.405. The van der Waals surface area contributed by atoms with E-state index in [0.717, 1.165) is 17.9 Å². The smallest absolute Gasteiger partial charge is 0.303 e. The van der Waals surface area contributed by atoms with Crippen molar-refractivity contribution in [3.8, 4) is 0 Å². The minimum atomic E-state index is -0.745. The van der Waals surface area contributed by atoms with Crippen LogP contribution in [0.25, 0.3) is 0 Å². The first kappa shape index (κ1) is 12.6. The summed E-state index contributed by atoms with van der Waals surface area (Å²) in [5.74, 6) is -0.396. The normalized spacial score (nSPS) is 27.9. The van der Waals surface area contributed by atoms with Crippen molar-refractivity contribution in [2.45, 2.75) is 29.6 Å². The van der Waals surface area contributed by atoms with Gasteiger partial charge in [0.05, 0.1) is 0 Å². The zero-order valence-corrected chi connectivity index (χ0v) is 11.1. The average molecular weight is 349 g/mol. The molecule has 2 unspecified atom stereocenters. The zero-order valence-electron chi connectivity index (χ0n) is 7.47. The summed E-state index contributed by atoms with van der Waals surface area (Å²) in [5, 5.41) is 10.0. The van der Waals surface area contributed by atoms with Crippen molar-refractivity contribution in [3.05, 3.63) is 10.1 Å². The molecule has 0 fully saturated rings. The molecule has 2 atom stereocenters. The van der Waals surface area contributed by atoms with Crippen molar-refractivity contribution >= 4 is 51.8 Å². The summed E-state index contributed by atoms with van der Waals surface area (Å²) in [6.45, 7) is 0. The van der Waals surface area contributed by atoms with E-state index in [1.54, 1.807) is 0 Å². The van der Waals surface area contributed by atoms with Gasteiger partial charge in [-0.25, -0.2) is 0 Å². The van der Waals surface area contributed by atoms with Crippen molar-refractivity contribution in [1.82, 2.24) is 0 Å². The number of alkyl halides is 1. The minimum Gasteiger partial charge on any atom is -0.481 e. The third-order valence-corrected chi connectivity index (χ3v) is 4.67. The number of rotatable bonds is 3. The van der Waals surface area contributed by atoms with Crippen LogP contribution >= 0.6 is 45.8 Å². The van der Waals surface area contributed by atoms with E-state index in [9.17, 15) is 4.79 Å². The second kappa shape index (κ2) is 5.56. The van der Waals surface area contributed by atoms with E-state index in [1.165, 1.54) is 0 Å². The molecule has 0 heterocycles. The quantitative estimate of drug-likeness (QED) is 0.623. The number of halogens is 3. The van der Waals surface area contributed by atoms with Gasteiger partial charge in [0.1, 0.15) is 0 Å². The maximum atomic E-state index is 10.4. The number of hydrogen-bond acceptors (Lipinski definition) is 1. The molecule has 1 N–H and O–H groups in total. The highest BCUT2D eigenvalue weighted by Crippen LogP contribution is 2.39. The molecule has 1 aliphatic rings. The average Bonchev–Trinajstić information content (AvgIpc) is 2.09. The maximum Gasteiger partial charge on any atom is 0.303 e. The van der Waals surface area contributed by atoms with Gasteiger partial charge in [0.25, 0.3) is 0 Å². The van der Waals surface area contributed by atoms with E-state index in [-0.39, 0.29) is 6.42 Å². The zero-order chi connectivity index (χ0) is 10.7. The lowest BCUT2D eigenvalue weighted by atomic mass is 9.90. The van der Waals surface area contributed by atoms with Crippen LogP contribution in [0.1, 0.15) is 25.7 Å². The van der Waals surface area contributed by atoms with E-state index >= 15 is 0 Å². The summed E-state index contributed by atoms with van der Waals surface area (Å²) in [5.41, 5.74) is 0. The van der Waals surface area contributed by atoms with Crippen molar-refractivity contribution in [1.29, 1.82) is 0 Å². The van der Waals surface area contributed by atoms with Crippen LogP contribution in [0.4, 0.5) is 0 Å². The molecule has 0 aromatic heterocycles. The minimum absolute atomic E-state index is 0.214. The number of carbonyl (C=O) groups is 1. The molecular weight excluding hydrogens is 338 g/mol. The van der Waals surface area contributed by atoms with Crippen molar-refractivity contribution in [3.63, 3.8) is 0 Å². The maximum absolute atomic E-state index is 10.4. The van der Waals surface area contributed by atoms with Crippen molar-refractivity contribution < 1.29 is 9.90 Å².